The molecule has 0 aliphatic heterocycles. The summed E-state index contributed by atoms with van der Waals surface area (Å²) in [6.07, 6.45) is 0. The van der Waals surface area contributed by atoms with Gasteiger partial charge in [0.15, 0.2) is 5.75 Å². The number of aromatic hydroxyl groups is 1. The van der Waals surface area contributed by atoms with Gasteiger partial charge in [-0.05, 0) is 43.3 Å². The molecule has 0 bridgehead atoms. The normalized spacial score (nSPS) is 11.0. The summed E-state index contributed by atoms with van der Waals surface area (Å²) in [5.74, 6) is -0.421. The maximum atomic E-state index is 13.7. The van der Waals surface area contributed by atoms with E-state index in [1.54, 1.807) is 18.2 Å². The van der Waals surface area contributed by atoms with E-state index >= 15 is 0 Å². The second kappa shape index (κ2) is 9.64. The van der Waals surface area contributed by atoms with Gasteiger partial charge in [0.25, 0.3) is 5.56 Å². The Hall–Kier alpha value is -3.36. The summed E-state index contributed by atoms with van der Waals surface area (Å²) >= 11 is 6.36. The molecule has 0 atom stereocenters. The zero-order chi connectivity index (χ0) is 23.5. The molecule has 168 valence electrons. The molecule has 0 amide bonds. The monoisotopic (exact) mass is 478 g/mol. The first-order valence-electron chi connectivity index (χ1n) is 10.5. The lowest BCUT2D eigenvalue weighted by Crippen LogP contribution is -2.27. The average Bonchev–Trinajstić information content (AvgIpc) is 2.83. The van der Waals surface area contributed by atoms with E-state index < -0.39 is 16.9 Å². The number of hydrogen-bond acceptors (Lipinski definition) is 6. The van der Waals surface area contributed by atoms with E-state index in [-0.39, 0.29) is 15.9 Å². The quantitative estimate of drug-likeness (QED) is 0.318. The predicted octanol–water partition coefficient (Wildman–Crippen LogP) is 5.04. The van der Waals surface area contributed by atoms with E-state index in [4.69, 9.17) is 16.6 Å². The number of nitrogens with zero attached hydrogens (tertiary/aromatic N) is 2. The number of para-hydroxylation sites is 1. The third-order valence-corrected chi connectivity index (χ3v) is 6.81. The fraction of sp³-hybridized carbons (Fsp3) is 0.160. The van der Waals surface area contributed by atoms with Crippen molar-refractivity contribution in [3.63, 3.8) is 0 Å². The highest BCUT2D eigenvalue weighted by atomic mass is 32.2. The van der Waals surface area contributed by atoms with Gasteiger partial charge < -0.3 is 14.4 Å². The van der Waals surface area contributed by atoms with Crippen molar-refractivity contribution in [2.24, 2.45) is 0 Å². The SMILES string of the molecule is CCN(CC)C(=S)Sc1c(O)c2c(=O)n(-c3ccccc3)c(-c3ccccc3)cc2oc1=O. The molecule has 6 nitrogen and oxygen atoms in total. The molecule has 0 aliphatic carbocycles. The van der Waals surface area contributed by atoms with Gasteiger partial charge in [-0.1, -0.05) is 60.7 Å². The van der Waals surface area contributed by atoms with Crippen LogP contribution in [0.1, 0.15) is 13.8 Å². The molecule has 2 heterocycles. The predicted molar refractivity (Wildman–Crippen MR) is 137 cm³/mol. The minimum atomic E-state index is -0.740. The van der Waals surface area contributed by atoms with Crippen molar-refractivity contribution in [1.82, 2.24) is 9.47 Å². The van der Waals surface area contributed by atoms with Crippen LogP contribution >= 0.6 is 24.0 Å². The number of aromatic nitrogens is 1. The molecule has 2 aromatic heterocycles. The number of benzene rings is 2. The first-order valence-corrected chi connectivity index (χ1v) is 11.7. The Bertz CT molecular complexity index is 1430. The molecule has 0 saturated heterocycles. The molecular weight excluding hydrogens is 456 g/mol. The third kappa shape index (κ3) is 4.31. The molecule has 4 rings (SSSR count). The summed E-state index contributed by atoms with van der Waals surface area (Å²) in [6, 6.07) is 20.1. The fourth-order valence-electron chi connectivity index (χ4n) is 3.62. The number of pyridine rings is 1. The van der Waals surface area contributed by atoms with E-state index in [2.05, 4.69) is 0 Å². The smallest absolute Gasteiger partial charge is 0.354 e. The molecule has 0 fully saturated rings. The topological polar surface area (TPSA) is 75.7 Å². The number of thiocarbonyl (C=S) groups is 1. The highest BCUT2D eigenvalue weighted by molar-refractivity contribution is 8.23. The lowest BCUT2D eigenvalue weighted by Gasteiger charge is -2.21. The second-order valence-electron chi connectivity index (χ2n) is 7.22. The third-order valence-electron chi connectivity index (χ3n) is 5.31. The first kappa shape index (κ1) is 22.8. The Morgan fingerprint density at radius 1 is 1.03 bits per heavy atom. The van der Waals surface area contributed by atoms with Crippen LogP contribution in [0.5, 0.6) is 5.75 Å². The molecule has 0 aliphatic rings. The number of fused-ring (bicyclic) bond motifs is 1. The second-order valence-corrected chi connectivity index (χ2v) is 8.86. The summed E-state index contributed by atoms with van der Waals surface area (Å²) in [7, 11) is 0. The van der Waals surface area contributed by atoms with Crippen LogP contribution in [0.25, 0.3) is 27.9 Å². The highest BCUT2D eigenvalue weighted by Gasteiger charge is 2.23. The molecule has 0 saturated carbocycles. The fourth-order valence-corrected chi connectivity index (χ4v) is 5.01. The van der Waals surface area contributed by atoms with Crippen LogP contribution in [0.3, 0.4) is 0 Å². The van der Waals surface area contributed by atoms with E-state index in [1.807, 2.05) is 67.3 Å². The van der Waals surface area contributed by atoms with Crippen molar-refractivity contribution in [3.8, 4) is 22.7 Å². The molecular formula is C25H22N2O4S2. The van der Waals surface area contributed by atoms with E-state index in [1.165, 1.54) is 4.57 Å². The molecule has 8 heteroatoms. The van der Waals surface area contributed by atoms with Crippen molar-refractivity contribution < 1.29 is 9.52 Å². The van der Waals surface area contributed by atoms with Crippen molar-refractivity contribution >= 4 is 39.3 Å². The van der Waals surface area contributed by atoms with Crippen LogP contribution in [0.4, 0.5) is 0 Å². The van der Waals surface area contributed by atoms with Gasteiger partial charge >= 0.3 is 5.63 Å². The minimum absolute atomic E-state index is 0.0200. The lowest BCUT2D eigenvalue weighted by molar-refractivity contribution is 0.446. The first-order chi connectivity index (χ1) is 16.0. The van der Waals surface area contributed by atoms with Crippen molar-refractivity contribution in [2.45, 2.75) is 18.7 Å². The Balaban J connectivity index is 2.01. The van der Waals surface area contributed by atoms with Gasteiger partial charge in [-0.2, -0.15) is 0 Å². The number of hydrogen-bond donors (Lipinski definition) is 1. The van der Waals surface area contributed by atoms with E-state index in [9.17, 15) is 14.7 Å². The largest absolute Gasteiger partial charge is 0.505 e. The summed E-state index contributed by atoms with van der Waals surface area (Å²) in [6.45, 7) is 5.21. The summed E-state index contributed by atoms with van der Waals surface area (Å²) in [5.41, 5.74) is 0.725. The van der Waals surface area contributed by atoms with Gasteiger partial charge in [0.2, 0.25) is 0 Å². The van der Waals surface area contributed by atoms with Crippen LogP contribution in [-0.2, 0) is 0 Å². The highest BCUT2D eigenvalue weighted by Crippen LogP contribution is 2.34. The van der Waals surface area contributed by atoms with Crippen LogP contribution in [0.15, 0.2) is 85.6 Å². The summed E-state index contributed by atoms with van der Waals surface area (Å²) in [4.78, 5) is 28.3. The lowest BCUT2D eigenvalue weighted by atomic mass is 10.1. The Morgan fingerprint density at radius 3 is 2.24 bits per heavy atom. The summed E-state index contributed by atoms with van der Waals surface area (Å²) in [5, 5.41) is 11.0. The minimum Gasteiger partial charge on any atom is -0.505 e. The van der Waals surface area contributed by atoms with E-state index in [0.717, 1.165) is 17.3 Å². The van der Waals surface area contributed by atoms with Gasteiger partial charge in [0.1, 0.15) is 20.2 Å². The molecule has 2 aromatic carbocycles. The Kier molecular flexibility index (Phi) is 6.67. The Labute approximate surface area is 200 Å². The number of thioether (sulfide) groups is 1. The molecule has 0 unspecified atom stereocenters. The maximum Gasteiger partial charge on any atom is 0.354 e. The molecule has 0 radical (unpaired) electrons. The number of rotatable bonds is 5. The zero-order valence-corrected chi connectivity index (χ0v) is 19.8. The van der Waals surface area contributed by atoms with Gasteiger partial charge in [-0.25, -0.2) is 4.79 Å². The van der Waals surface area contributed by atoms with Crippen LogP contribution in [-0.4, -0.2) is 32.0 Å². The standard InChI is InChI=1S/C25H22N2O4S2/c1-3-26(4-2)25(32)33-22-21(28)20-19(31-24(22)30)15-18(16-11-7-5-8-12-16)27(23(20)29)17-13-9-6-10-14-17/h5-15,28H,3-4H2,1-2H3. The van der Waals surface area contributed by atoms with E-state index in [0.29, 0.717) is 28.8 Å². The zero-order valence-electron chi connectivity index (χ0n) is 18.1. The van der Waals surface area contributed by atoms with Crippen molar-refractivity contribution in [3.05, 3.63) is 87.5 Å². The summed E-state index contributed by atoms with van der Waals surface area (Å²) < 4.78 is 7.46. The van der Waals surface area contributed by atoms with Crippen LogP contribution in [0.2, 0.25) is 0 Å². The Morgan fingerprint density at radius 2 is 1.64 bits per heavy atom. The molecule has 1 N–H and O–H groups in total. The van der Waals surface area contributed by atoms with Gasteiger partial charge in [-0.3, -0.25) is 9.36 Å². The van der Waals surface area contributed by atoms with Crippen LogP contribution in [0, 0.1) is 0 Å². The van der Waals surface area contributed by atoms with Crippen molar-refractivity contribution in [1.29, 1.82) is 0 Å². The van der Waals surface area contributed by atoms with Gasteiger partial charge in [0, 0.05) is 24.8 Å². The van der Waals surface area contributed by atoms with Gasteiger partial charge in [-0.15, -0.1) is 0 Å². The molecule has 4 aromatic rings. The van der Waals surface area contributed by atoms with Crippen LogP contribution < -0.4 is 11.2 Å². The molecule has 33 heavy (non-hydrogen) atoms. The van der Waals surface area contributed by atoms with Crippen molar-refractivity contribution in [2.75, 3.05) is 13.1 Å². The maximum absolute atomic E-state index is 13.7. The average molecular weight is 479 g/mol. The molecule has 0 spiro atoms. The van der Waals surface area contributed by atoms with Gasteiger partial charge in [0.05, 0.1) is 5.69 Å².